The molecule has 6 heteroatoms. The highest BCUT2D eigenvalue weighted by molar-refractivity contribution is 7.71. The maximum Gasteiger partial charge on any atom is 0.151 e. The van der Waals surface area contributed by atoms with E-state index in [1.54, 1.807) is 0 Å². The van der Waals surface area contributed by atoms with E-state index < -0.39 is 10.7 Å². The number of hydrogen-bond acceptors (Lipinski definition) is 4. The smallest absolute Gasteiger partial charge is 0.151 e. The van der Waals surface area contributed by atoms with E-state index >= 15 is 0 Å². The lowest BCUT2D eigenvalue weighted by Crippen LogP contribution is -1.93. The molecule has 11 heavy (non-hydrogen) atoms. The molecule has 0 atom stereocenters. The van der Waals surface area contributed by atoms with E-state index in [-0.39, 0.29) is 10.9 Å². The predicted molar refractivity (Wildman–Crippen MR) is 41.1 cm³/mol. The molecule has 0 saturated carbocycles. The van der Waals surface area contributed by atoms with Crippen molar-refractivity contribution in [2.45, 2.75) is 5.75 Å². The number of rotatable bonds is 2. The van der Waals surface area contributed by atoms with Crippen molar-refractivity contribution in [3.05, 3.63) is 23.0 Å². The van der Waals surface area contributed by atoms with Crippen LogP contribution in [0.1, 0.15) is 5.69 Å². The average molecular weight is 193 g/mol. The van der Waals surface area contributed by atoms with Gasteiger partial charge in [0.1, 0.15) is 10.7 Å². The molecule has 1 aromatic rings. The minimum atomic E-state index is -2.43. The lowest BCUT2D eigenvalue weighted by molar-refractivity contribution is 0.613. The summed E-state index contributed by atoms with van der Waals surface area (Å²) in [6.07, 6.45) is 0. The third kappa shape index (κ3) is 2.81. The van der Waals surface area contributed by atoms with E-state index in [4.69, 9.17) is 11.6 Å². The number of nitrogens with zero attached hydrogens (tertiary/aromatic N) is 2. The molecule has 0 bridgehead atoms. The van der Waals surface area contributed by atoms with Gasteiger partial charge < -0.3 is 0 Å². The van der Waals surface area contributed by atoms with E-state index in [0.29, 0.717) is 5.69 Å². The van der Waals surface area contributed by atoms with Crippen LogP contribution in [-0.2, 0) is 16.5 Å². The minimum Gasteiger partial charge on any atom is -0.231 e. The van der Waals surface area contributed by atoms with Crippen molar-refractivity contribution in [2.75, 3.05) is 0 Å². The molecule has 4 nitrogen and oxygen atoms in total. The molecule has 0 radical (unpaired) electrons. The van der Waals surface area contributed by atoms with Crippen LogP contribution in [0.25, 0.3) is 0 Å². The van der Waals surface area contributed by atoms with Gasteiger partial charge in [-0.15, -0.1) is 5.10 Å². The summed E-state index contributed by atoms with van der Waals surface area (Å²) < 4.78 is 20.4. The number of hydrogen-bond donors (Lipinski definition) is 1. The summed E-state index contributed by atoms with van der Waals surface area (Å²) in [6, 6.07) is 3.03. The first-order chi connectivity index (χ1) is 5.18. The van der Waals surface area contributed by atoms with Gasteiger partial charge in [0.2, 0.25) is 0 Å². The molecule has 1 aromatic heterocycles. The molecule has 0 amide bonds. The molecule has 0 unspecified atom stereocenters. The maximum absolute atomic E-state index is 10.2. The summed E-state index contributed by atoms with van der Waals surface area (Å²) in [6.45, 7) is 0. The summed E-state index contributed by atoms with van der Waals surface area (Å²) in [5, 5.41) is 7.29. The molecule has 0 aliphatic carbocycles. The largest absolute Gasteiger partial charge is 0.231 e. The van der Waals surface area contributed by atoms with E-state index in [1.807, 2.05) is 0 Å². The Morgan fingerprint density at radius 2 is 2.09 bits per heavy atom. The van der Waals surface area contributed by atoms with Gasteiger partial charge in [-0.1, -0.05) is 11.6 Å². The Morgan fingerprint density at radius 3 is 2.55 bits per heavy atom. The monoisotopic (exact) mass is 192 g/mol. The van der Waals surface area contributed by atoms with Crippen LogP contribution in [0.2, 0.25) is 5.15 Å². The van der Waals surface area contributed by atoms with Crippen LogP contribution in [0.4, 0.5) is 0 Å². The fraction of sp³-hybridized carbons (Fsp3) is 0.200. The standard InChI is InChI=1S/C5H5ClN2O2S/c6-5-2-1-4(7-8-5)3-11(9)10/h1-2,11H,3H2. The summed E-state index contributed by atoms with van der Waals surface area (Å²) in [5.41, 5.74) is 0.408. The fourth-order valence-electron chi connectivity index (χ4n) is 0.560. The molecule has 0 aliphatic heterocycles. The molecule has 0 aliphatic rings. The number of halogens is 1. The first kappa shape index (κ1) is 8.42. The average Bonchev–Trinajstić information content (AvgIpc) is 1.93. The topological polar surface area (TPSA) is 59.9 Å². The van der Waals surface area contributed by atoms with E-state index in [9.17, 15) is 8.42 Å². The van der Waals surface area contributed by atoms with Crippen molar-refractivity contribution in [1.29, 1.82) is 0 Å². The van der Waals surface area contributed by atoms with Crippen molar-refractivity contribution >= 4 is 22.3 Å². The second-order valence-corrected chi connectivity index (χ2v) is 3.21. The summed E-state index contributed by atoms with van der Waals surface area (Å²) in [7, 11) is -2.43. The van der Waals surface area contributed by atoms with E-state index in [0.717, 1.165) is 0 Å². The molecule has 0 saturated heterocycles. The third-order valence-electron chi connectivity index (χ3n) is 0.978. The van der Waals surface area contributed by atoms with Crippen molar-refractivity contribution < 1.29 is 8.42 Å². The Morgan fingerprint density at radius 1 is 1.36 bits per heavy atom. The zero-order valence-electron chi connectivity index (χ0n) is 5.40. The molecule has 0 fully saturated rings. The van der Waals surface area contributed by atoms with Gasteiger partial charge >= 0.3 is 0 Å². The van der Waals surface area contributed by atoms with Gasteiger partial charge in [0, 0.05) is 0 Å². The molecule has 0 N–H and O–H groups in total. The van der Waals surface area contributed by atoms with Gasteiger partial charge in [0.25, 0.3) is 0 Å². The molecular formula is C5H5ClN2O2S. The second-order valence-electron chi connectivity index (χ2n) is 1.84. The highest BCUT2D eigenvalue weighted by atomic mass is 35.5. The van der Waals surface area contributed by atoms with Crippen molar-refractivity contribution in [1.82, 2.24) is 10.2 Å². The highest BCUT2D eigenvalue weighted by Crippen LogP contribution is 2.02. The Bertz CT molecular complexity index is 301. The van der Waals surface area contributed by atoms with Crippen LogP contribution in [0.15, 0.2) is 12.1 Å². The van der Waals surface area contributed by atoms with Gasteiger partial charge in [-0.25, -0.2) is 8.42 Å². The van der Waals surface area contributed by atoms with Crippen molar-refractivity contribution in [3.8, 4) is 0 Å². The first-order valence-electron chi connectivity index (χ1n) is 2.78. The molecule has 1 heterocycles. The van der Waals surface area contributed by atoms with Gasteiger partial charge in [0.15, 0.2) is 5.15 Å². The zero-order chi connectivity index (χ0) is 8.27. The number of thiol groups is 1. The van der Waals surface area contributed by atoms with Gasteiger partial charge in [-0.2, -0.15) is 5.10 Å². The zero-order valence-corrected chi connectivity index (χ0v) is 7.05. The quantitative estimate of drug-likeness (QED) is 0.682. The van der Waals surface area contributed by atoms with Crippen LogP contribution in [0, 0.1) is 0 Å². The molecular weight excluding hydrogens is 188 g/mol. The van der Waals surface area contributed by atoms with Gasteiger partial charge in [0.05, 0.1) is 11.4 Å². The molecule has 60 valence electrons. The maximum atomic E-state index is 10.2. The summed E-state index contributed by atoms with van der Waals surface area (Å²) >= 11 is 5.42. The molecule has 0 aromatic carbocycles. The Hall–Kier alpha value is -0.680. The SMILES string of the molecule is O=[SH](=O)Cc1ccc(Cl)nn1. The molecule has 0 spiro atoms. The fourth-order valence-corrected chi connectivity index (χ4v) is 1.09. The lowest BCUT2D eigenvalue weighted by Gasteiger charge is -1.90. The third-order valence-corrected chi connectivity index (χ3v) is 1.76. The van der Waals surface area contributed by atoms with Crippen LogP contribution in [0.3, 0.4) is 0 Å². The van der Waals surface area contributed by atoms with Crippen LogP contribution < -0.4 is 0 Å². The van der Waals surface area contributed by atoms with Crippen LogP contribution >= 0.6 is 11.6 Å². The summed E-state index contributed by atoms with van der Waals surface area (Å²) in [4.78, 5) is 0. The van der Waals surface area contributed by atoms with Gasteiger partial charge in [-0.3, -0.25) is 0 Å². The first-order valence-corrected chi connectivity index (χ1v) is 4.52. The number of aromatic nitrogens is 2. The summed E-state index contributed by atoms with van der Waals surface area (Å²) in [5.74, 6) is -0.0838. The highest BCUT2D eigenvalue weighted by Gasteiger charge is 1.95. The Balaban J connectivity index is 2.82. The van der Waals surface area contributed by atoms with Crippen molar-refractivity contribution in [3.63, 3.8) is 0 Å². The van der Waals surface area contributed by atoms with Crippen LogP contribution in [0.5, 0.6) is 0 Å². The van der Waals surface area contributed by atoms with Crippen molar-refractivity contribution in [2.24, 2.45) is 0 Å². The van der Waals surface area contributed by atoms with Crippen LogP contribution in [-0.4, -0.2) is 18.6 Å². The van der Waals surface area contributed by atoms with E-state index in [2.05, 4.69) is 10.2 Å². The lowest BCUT2D eigenvalue weighted by atomic mass is 10.4. The normalized spacial score (nSPS) is 10.4. The van der Waals surface area contributed by atoms with Gasteiger partial charge in [-0.05, 0) is 12.1 Å². The Kier molecular flexibility index (Phi) is 2.78. The predicted octanol–water partition coefficient (Wildman–Crippen LogP) is 0.241. The minimum absolute atomic E-state index is 0.0838. The Labute approximate surface area is 70.2 Å². The van der Waals surface area contributed by atoms with E-state index in [1.165, 1.54) is 12.1 Å². The molecule has 1 rings (SSSR count). The second kappa shape index (κ2) is 3.64.